The molecular weight excluding hydrogens is 378 g/mol. The average Bonchev–Trinajstić information content (AvgIpc) is 3.06. The maximum absolute atomic E-state index is 9.61. The molecule has 3 rings (SSSR count). The van der Waals surface area contributed by atoms with Crippen molar-refractivity contribution in [3.8, 4) is 0 Å². The van der Waals surface area contributed by atoms with Crippen LogP contribution >= 0.6 is 11.6 Å². The highest BCUT2D eigenvalue weighted by atomic mass is 35.5. The molecule has 8 nitrogen and oxygen atoms in total. The molecule has 2 heterocycles. The molecular formula is C19H28ClN7O. The Labute approximate surface area is 170 Å². The Morgan fingerprint density at radius 3 is 2.79 bits per heavy atom. The van der Waals surface area contributed by atoms with E-state index in [1.807, 2.05) is 24.1 Å². The van der Waals surface area contributed by atoms with Gasteiger partial charge in [0.05, 0.1) is 17.3 Å². The number of hydrogen-bond donors (Lipinski definition) is 4. The van der Waals surface area contributed by atoms with Crippen molar-refractivity contribution in [1.29, 1.82) is 0 Å². The van der Waals surface area contributed by atoms with Crippen LogP contribution in [0.2, 0.25) is 5.02 Å². The van der Waals surface area contributed by atoms with E-state index in [4.69, 9.17) is 17.3 Å². The number of benzene rings is 1. The van der Waals surface area contributed by atoms with Gasteiger partial charge < -0.3 is 21.1 Å². The van der Waals surface area contributed by atoms with Crippen LogP contribution in [0.1, 0.15) is 32.8 Å². The van der Waals surface area contributed by atoms with Crippen LogP contribution in [0.25, 0.3) is 0 Å². The quantitative estimate of drug-likeness (QED) is 0.497. The van der Waals surface area contributed by atoms with E-state index in [-0.39, 0.29) is 18.7 Å². The Bertz CT molecular complexity index is 811. The first kappa shape index (κ1) is 20.4. The number of aromatic nitrogens is 2. The lowest BCUT2D eigenvalue weighted by Gasteiger charge is -2.27. The molecule has 1 aliphatic heterocycles. The molecule has 0 saturated heterocycles. The Morgan fingerprint density at radius 2 is 2.11 bits per heavy atom. The Balaban J connectivity index is 1.89. The summed E-state index contributed by atoms with van der Waals surface area (Å²) < 4.78 is 0. The van der Waals surface area contributed by atoms with Crippen molar-refractivity contribution in [3.05, 3.63) is 35.1 Å². The fourth-order valence-electron chi connectivity index (χ4n) is 3.16. The molecule has 1 unspecified atom stereocenters. The molecule has 0 saturated carbocycles. The fraction of sp³-hybridized carbons (Fsp3) is 0.474. The van der Waals surface area contributed by atoms with Crippen LogP contribution in [-0.4, -0.2) is 40.4 Å². The smallest absolute Gasteiger partial charge is 0.161 e. The fourth-order valence-corrected chi connectivity index (χ4v) is 3.35. The van der Waals surface area contributed by atoms with E-state index >= 15 is 0 Å². The van der Waals surface area contributed by atoms with Gasteiger partial charge in [0.25, 0.3) is 0 Å². The van der Waals surface area contributed by atoms with Crippen LogP contribution in [0.4, 0.5) is 23.0 Å². The second-order valence-corrected chi connectivity index (χ2v) is 7.52. The summed E-state index contributed by atoms with van der Waals surface area (Å²) in [6, 6.07) is 5.81. The number of hydrazine groups is 1. The van der Waals surface area contributed by atoms with Crippen molar-refractivity contribution in [2.75, 3.05) is 34.2 Å². The van der Waals surface area contributed by atoms with Gasteiger partial charge in [-0.2, -0.15) is 0 Å². The molecule has 0 radical (unpaired) electrons. The van der Waals surface area contributed by atoms with Crippen molar-refractivity contribution < 1.29 is 5.11 Å². The minimum atomic E-state index is -0.0448. The van der Waals surface area contributed by atoms with Crippen LogP contribution in [0, 0.1) is 0 Å². The molecule has 0 amide bonds. The summed E-state index contributed by atoms with van der Waals surface area (Å²) in [6.45, 7) is 7.45. The lowest BCUT2D eigenvalue weighted by molar-refractivity contribution is 0.236. The molecule has 9 heteroatoms. The molecule has 5 N–H and O–H groups in total. The zero-order valence-corrected chi connectivity index (χ0v) is 17.2. The number of halogens is 1. The van der Waals surface area contributed by atoms with Gasteiger partial charge in [-0.25, -0.2) is 15.4 Å². The maximum Gasteiger partial charge on any atom is 0.161 e. The maximum atomic E-state index is 9.61. The summed E-state index contributed by atoms with van der Waals surface area (Å²) in [7, 11) is 0. The van der Waals surface area contributed by atoms with E-state index in [0.29, 0.717) is 29.7 Å². The molecule has 0 fully saturated rings. The minimum Gasteiger partial charge on any atom is -0.397 e. The minimum absolute atomic E-state index is 0.0448. The first-order valence-corrected chi connectivity index (χ1v) is 9.87. The summed E-state index contributed by atoms with van der Waals surface area (Å²) in [5.74, 6) is 1.56. The van der Waals surface area contributed by atoms with Crippen molar-refractivity contribution in [3.63, 3.8) is 0 Å². The predicted octanol–water partition coefficient (Wildman–Crippen LogP) is 2.59. The lowest BCUT2D eigenvalue weighted by Crippen LogP contribution is -2.49. The van der Waals surface area contributed by atoms with Crippen molar-refractivity contribution in [2.45, 2.75) is 45.8 Å². The third-order valence-electron chi connectivity index (χ3n) is 4.90. The second-order valence-electron chi connectivity index (χ2n) is 7.11. The Hall–Kier alpha value is -2.29. The average molecular weight is 406 g/mol. The van der Waals surface area contributed by atoms with E-state index in [1.54, 1.807) is 12.4 Å². The normalized spacial score (nSPS) is 14.5. The van der Waals surface area contributed by atoms with Crippen LogP contribution < -0.4 is 26.4 Å². The summed E-state index contributed by atoms with van der Waals surface area (Å²) in [4.78, 5) is 11.1. The molecule has 2 aromatic rings. The highest BCUT2D eigenvalue weighted by molar-refractivity contribution is 6.33. The molecule has 1 atom stereocenters. The number of nitrogens with one attached hydrogen (secondary N) is 2. The number of fused-ring (bicyclic) bond motifs is 1. The highest BCUT2D eigenvalue weighted by Crippen LogP contribution is 2.39. The van der Waals surface area contributed by atoms with Gasteiger partial charge in [-0.3, -0.25) is 5.01 Å². The molecule has 152 valence electrons. The van der Waals surface area contributed by atoms with Gasteiger partial charge in [-0.15, -0.1) is 0 Å². The topological polar surface area (TPSA) is 103 Å². The van der Waals surface area contributed by atoms with Crippen LogP contribution in [-0.2, 0) is 6.54 Å². The molecule has 1 aliphatic rings. The zero-order valence-electron chi connectivity index (χ0n) is 16.5. The second kappa shape index (κ2) is 8.81. The van der Waals surface area contributed by atoms with Gasteiger partial charge in [0.1, 0.15) is 18.7 Å². The lowest BCUT2D eigenvalue weighted by atomic mass is 10.2. The largest absolute Gasteiger partial charge is 0.397 e. The summed E-state index contributed by atoms with van der Waals surface area (Å²) in [5.41, 5.74) is 11.8. The Morgan fingerprint density at radius 1 is 1.32 bits per heavy atom. The number of hydrogen-bond acceptors (Lipinski definition) is 8. The van der Waals surface area contributed by atoms with Gasteiger partial charge in [-0.05, 0) is 31.9 Å². The Kier molecular flexibility index (Phi) is 6.43. The first-order chi connectivity index (χ1) is 13.5. The first-order valence-electron chi connectivity index (χ1n) is 9.49. The number of anilines is 4. The van der Waals surface area contributed by atoms with Crippen LogP contribution in [0.15, 0.2) is 24.5 Å². The number of nitrogen functional groups attached to an aromatic ring is 1. The standard InChI is InChI=1S/C19H28ClN7O/c1-4-14(9-28)25-27-11-26(12(2)3)19-17(27)18(23-10-24-19)22-8-13-6-5-7-15(20)16(13)21/h5-7,10,12,14,25,28H,4,8-9,11,21H2,1-3H3,(H,22,23,24). The van der Waals surface area contributed by atoms with Crippen LogP contribution in [0.3, 0.4) is 0 Å². The predicted molar refractivity (Wildman–Crippen MR) is 114 cm³/mol. The molecule has 0 bridgehead atoms. The van der Waals surface area contributed by atoms with Crippen LogP contribution in [0.5, 0.6) is 0 Å². The van der Waals surface area contributed by atoms with E-state index in [2.05, 4.69) is 39.5 Å². The van der Waals surface area contributed by atoms with Gasteiger partial charge >= 0.3 is 0 Å². The number of nitrogens with two attached hydrogens (primary N) is 1. The van der Waals surface area contributed by atoms with Gasteiger partial charge in [-0.1, -0.05) is 30.7 Å². The third-order valence-corrected chi connectivity index (χ3v) is 5.23. The van der Waals surface area contributed by atoms with E-state index in [9.17, 15) is 5.11 Å². The number of para-hydroxylation sites is 1. The zero-order chi connectivity index (χ0) is 20.3. The van der Waals surface area contributed by atoms with Gasteiger partial charge in [0.15, 0.2) is 11.6 Å². The van der Waals surface area contributed by atoms with Crippen molar-refractivity contribution >= 4 is 34.6 Å². The van der Waals surface area contributed by atoms with E-state index in [0.717, 1.165) is 23.5 Å². The summed E-state index contributed by atoms with van der Waals surface area (Å²) in [6.07, 6.45) is 2.37. The number of aliphatic hydroxyl groups excluding tert-OH is 1. The molecule has 1 aromatic heterocycles. The molecule has 1 aromatic carbocycles. The number of aliphatic hydroxyl groups is 1. The van der Waals surface area contributed by atoms with Crippen molar-refractivity contribution in [2.24, 2.45) is 0 Å². The molecule has 0 aliphatic carbocycles. The monoisotopic (exact) mass is 405 g/mol. The molecule has 28 heavy (non-hydrogen) atoms. The van der Waals surface area contributed by atoms with E-state index < -0.39 is 0 Å². The molecule has 0 spiro atoms. The SMILES string of the molecule is CCC(CO)NN1CN(C(C)C)c2ncnc(NCc3cccc(Cl)c3N)c21. The van der Waals surface area contributed by atoms with Gasteiger partial charge in [0, 0.05) is 18.6 Å². The van der Waals surface area contributed by atoms with Gasteiger partial charge in [0.2, 0.25) is 0 Å². The third kappa shape index (κ3) is 4.09. The number of rotatable bonds is 8. The van der Waals surface area contributed by atoms with E-state index in [1.165, 1.54) is 0 Å². The summed E-state index contributed by atoms with van der Waals surface area (Å²) in [5, 5.41) is 15.5. The summed E-state index contributed by atoms with van der Waals surface area (Å²) >= 11 is 6.13. The number of nitrogens with zero attached hydrogens (tertiary/aromatic N) is 4. The highest BCUT2D eigenvalue weighted by Gasteiger charge is 2.33. The van der Waals surface area contributed by atoms with Crippen molar-refractivity contribution in [1.82, 2.24) is 15.4 Å².